The Labute approximate surface area is 121 Å². The van der Waals surface area contributed by atoms with E-state index in [1.165, 1.54) is 0 Å². The number of halogens is 1. The molecule has 0 radical (unpaired) electrons. The van der Waals surface area contributed by atoms with Gasteiger partial charge in [-0.1, -0.05) is 33.4 Å². The van der Waals surface area contributed by atoms with E-state index >= 15 is 0 Å². The van der Waals surface area contributed by atoms with Crippen molar-refractivity contribution in [3.63, 3.8) is 0 Å². The van der Waals surface area contributed by atoms with Crippen molar-refractivity contribution in [2.24, 2.45) is 16.6 Å². The number of hydrogen-bond acceptors (Lipinski definition) is 4. The molecule has 5 heteroatoms. The van der Waals surface area contributed by atoms with E-state index < -0.39 is 6.67 Å². The largest absolute Gasteiger partial charge is 0.383 e. The molecule has 0 aliphatic heterocycles. The highest BCUT2D eigenvalue weighted by Crippen LogP contribution is 2.14. The van der Waals surface area contributed by atoms with E-state index in [1.54, 1.807) is 19.5 Å². The fourth-order valence-electron chi connectivity index (χ4n) is 1.80. The molecule has 0 saturated carbocycles. The van der Waals surface area contributed by atoms with Crippen LogP contribution in [0.3, 0.4) is 0 Å². The Kier molecular flexibility index (Phi) is 9.38. The van der Waals surface area contributed by atoms with Gasteiger partial charge in [0.05, 0.1) is 11.7 Å². The van der Waals surface area contributed by atoms with Crippen LogP contribution in [0.2, 0.25) is 0 Å². The number of nitrogens with two attached hydrogens (primary N) is 1. The van der Waals surface area contributed by atoms with Gasteiger partial charge in [0.15, 0.2) is 0 Å². The SMILES string of the molecule is C=CNC(C(=C)NC(/C=N\C)=C(\CN)CF)C(C)CC. The average molecular weight is 282 g/mol. The quantitative estimate of drug-likeness (QED) is 0.538. The molecule has 0 amide bonds. The summed E-state index contributed by atoms with van der Waals surface area (Å²) in [7, 11) is 1.63. The molecule has 0 aromatic rings. The maximum absolute atomic E-state index is 13.0. The predicted octanol–water partition coefficient (Wildman–Crippen LogP) is 2.12. The van der Waals surface area contributed by atoms with Gasteiger partial charge in [-0.3, -0.25) is 4.99 Å². The highest BCUT2D eigenvalue weighted by Gasteiger charge is 2.18. The zero-order valence-corrected chi connectivity index (χ0v) is 12.7. The molecule has 0 heterocycles. The molecule has 114 valence electrons. The minimum atomic E-state index is -0.610. The normalized spacial score (nSPS) is 15.4. The molecule has 0 aromatic carbocycles. The summed E-state index contributed by atoms with van der Waals surface area (Å²) in [5.41, 5.74) is 7.34. The first-order valence-electron chi connectivity index (χ1n) is 6.78. The molecular weight excluding hydrogens is 255 g/mol. The Balaban J connectivity index is 5.15. The number of allylic oxidation sites excluding steroid dienone is 1. The molecule has 20 heavy (non-hydrogen) atoms. The predicted molar refractivity (Wildman–Crippen MR) is 85.3 cm³/mol. The molecule has 4 N–H and O–H groups in total. The Morgan fingerprint density at radius 3 is 2.55 bits per heavy atom. The van der Waals surface area contributed by atoms with Gasteiger partial charge in [-0.25, -0.2) is 4.39 Å². The van der Waals surface area contributed by atoms with Gasteiger partial charge in [-0.05, 0) is 17.7 Å². The van der Waals surface area contributed by atoms with Crippen molar-refractivity contribution in [3.8, 4) is 0 Å². The maximum Gasteiger partial charge on any atom is 0.114 e. The summed E-state index contributed by atoms with van der Waals surface area (Å²) in [5, 5.41) is 6.29. The van der Waals surface area contributed by atoms with E-state index in [9.17, 15) is 4.39 Å². The second kappa shape index (κ2) is 10.2. The minimum absolute atomic E-state index is 0.0105. The highest BCUT2D eigenvalue weighted by molar-refractivity contribution is 5.79. The number of hydrogen-bond donors (Lipinski definition) is 3. The number of alkyl halides is 1. The highest BCUT2D eigenvalue weighted by atomic mass is 19.1. The van der Waals surface area contributed by atoms with E-state index in [1.807, 2.05) is 0 Å². The lowest BCUT2D eigenvalue weighted by molar-refractivity contribution is 0.433. The Bertz CT molecular complexity index is 368. The van der Waals surface area contributed by atoms with Crippen molar-refractivity contribution in [2.45, 2.75) is 26.3 Å². The molecule has 0 bridgehead atoms. The average Bonchev–Trinajstić information content (AvgIpc) is 2.45. The molecule has 4 nitrogen and oxygen atoms in total. The Morgan fingerprint density at radius 1 is 1.50 bits per heavy atom. The summed E-state index contributed by atoms with van der Waals surface area (Å²) in [4.78, 5) is 3.93. The van der Waals surface area contributed by atoms with Crippen molar-refractivity contribution < 1.29 is 4.39 Å². The van der Waals surface area contributed by atoms with E-state index in [0.29, 0.717) is 17.2 Å². The summed E-state index contributed by atoms with van der Waals surface area (Å²) in [6.07, 6.45) is 4.19. The molecule has 0 aliphatic rings. The van der Waals surface area contributed by atoms with E-state index in [4.69, 9.17) is 5.73 Å². The van der Waals surface area contributed by atoms with Crippen LogP contribution < -0.4 is 16.4 Å². The molecule has 0 fully saturated rings. The van der Waals surface area contributed by atoms with E-state index in [0.717, 1.165) is 12.1 Å². The molecule has 0 rings (SSSR count). The van der Waals surface area contributed by atoms with Gasteiger partial charge in [0.2, 0.25) is 0 Å². The van der Waals surface area contributed by atoms with Crippen molar-refractivity contribution in [1.29, 1.82) is 0 Å². The van der Waals surface area contributed by atoms with Gasteiger partial charge in [-0.15, -0.1) is 0 Å². The molecule has 2 atom stereocenters. The van der Waals surface area contributed by atoms with Crippen LogP contribution in [0, 0.1) is 5.92 Å². The van der Waals surface area contributed by atoms with Crippen LogP contribution in [0.15, 0.2) is 41.3 Å². The van der Waals surface area contributed by atoms with Crippen molar-refractivity contribution in [2.75, 3.05) is 20.3 Å². The molecule has 2 unspecified atom stereocenters. The van der Waals surface area contributed by atoms with Crippen LogP contribution in [0.25, 0.3) is 0 Å². The lowest BCUT2D eigenvalue weighted by atomic mass is 9.96. The first-order valence-corrected chi connectivity index (χ1v) is 6.78. The third-order valence-electron chi connectivity index (χ3n) is 3.23. The first kappa shape index (κ1) is 18.4. The monoisotopic (exact) mass is 282 g/mol. The van der Waals surface area contributed by atoms with Crippen LogP contribution in [0.5, 0.6) is 0 Å². The summed E-state index contributed by atoms with van der Waals surface area (Å²) in [5.74, 6) is 0.361. The zero-order valence-electron chi connectivity index (χ0n) is 12.7. The Hall–Kier alpha value is -1.62. The van der Waals surface area contributed by atoms with Gasteiger partial charge >= 0.3 is 0 Å². The lowest BCUT2D eigenvalue weighted by Crippen LogP contribution is -2.38. The molecule has 0 saturated heterocycles. The van der Waals surface area contributed by atoms with Gasteiger partial charge in [0.25, 0.3) is 0 Å². The maximum atomic E-state index is 13.0. The fraction of sp³-hybridized carbons (Fsp3) is 0.533. The first-order chi connectivity index (χ1) is 9.55. The fourth-order valence-corrected chi connectivity index (χ4v) is 1.80. The molecule has 0 aromatic heterocycles. The van der Waals surface area contributed by atoms with Gasteiger partial charge in [-0.2, -0.15) is 0 Å². The van der Waals surface area contributed by atoms with Crippen molar-refractivity contribution in [3.05, 3.63) is 36.3 Å². The number of rotatable bonds is 10. The standard InChI is InChI=1S/C15H27FN4/c1-6-11(3)15(19-7-2)12(4)20-14(10-18-5)13(8-16)9-17/h7,10-11,15,19-20H,2,4,6,8-9,17H2,1,3,5H3/b14-13-,18-10-. The summed E-state index contributed by atoms with van der Waals surface area (Å²) >= 11 is 0. The molecular formula is C15H27FN4. The smallest absolute Gasteiger partial charge is 0.114 e. The van der Waals surface area contributed by atoms with Gasteiger partial charge < -0.3 is 16.4 Å². The van der Waals surface area contributed by atoms with E-state index in [2.05, 4.69) is 42.6 Å². The number of nitrogens with zero attached hydrogens (tertiary/aromatic N) is 1. The number of aliphatic imine (C=N–C) groups is 1. The minimum Gasteiger partial charge on any atom is -0.383 e. The molecule has 0 spiro atoms. The second-order valence-corrected chi connectivity index (χ2v) is 4.63. The zero-order chi connectivity index (χ0) is 15.5. The van der Waals surface area contributed by atoms with Crippen molar-refractivity contribution >= 4 is 6.21 Å². The summed E-state index contributed by atoms with van der Waals surface area (Å²) in [6.45, 7) is 11.5. The summed E-state index contributed by atoms with van der Waals surface area (Å²) in [6, 6.07) is 0.0105. The third-order valence-corrected chi connectivity index (χ3v) is 3.23. The van der Waals surface area contributed by atoms with Gasteiger partial charge in [0.1, 0.15) is 6.67 Å². The molecule has 0 aliphatic carbocycles. The Morgan fingerprint density at radius 2 is 2.15 bits per heavy atom. The third kappa shape index (κ3) is 5.57. The van der Waals surface area contributed by atoms with Crippen LogP contribution in [-0.2, 0) is 0 Å². The van der Waals surface area contributed by atoms with Crippen LogP contribution in [-0.4, -0.2) is 32.5 Å². The number of nitrogens with one attached hydrogen (secondary N) is 2. The van der Waals surface area contributed by atoms with Crippen LogP contribution in [0.4, 0.5) is 4.39 Å². The van der Waals surface area contributed by atoms with Crippen LogP contribution in [0.1, 0.15) is 20.3 Å². The second-order valence-electron chi connectivity index (χ2n) is 4.63. The topological polar surface area (TPSA) is 62.4 Å². The van der Waals surface area contributed by atoms with Crippen LogP contribution >= 0.6 is 0 Å². The summed E-state index contributed by atoms with van der Waals surface area (Å²) < 4.78 is 13.0. The van der Waals surface area contributed by atoms with Gasteiger partial charge in [0, 0.05) is 25.5 Å². The van der Waals surface area contributed by atoms with Crippen molar-refractivity contribution in [1.82, 2.24) is 10.6 Å². The van der Waals surface area contributed by atoms with E-state index in [-0.39, 0.29) is 12.6 Å². The lowest BCUT2D eigenvalue weighted by Gasteiger charge is -2.27.